The first-order chi connectivity index (χ1) is 7.36. The zero-order chi connectivity index (χ0) is 10.5. The zero-order valence-corrected chi connectivity index (χ0v) is 11.1. The summed E-state index contributed by atoms with van der Waals surface area (Å²) in [5, 5.41) is 0. The third-order valence-electron chi connectivity index (χ3n) is 3.43. The number of rotatable bonds is 3. The van der Waals surface area contributed by atoms with Gasteiger partial charge in [-0.15, -0.1) is 0 Å². The highest BCUT2D eigenvalue weighted by Crippen LogP contribution is 2.33. The molecule has 0 heterocycles. The minimum Gasteiger partial charge on any atom is -0.171 e. The molecule has 0 nitrogen and oxygen atoms in total. The van der Waals surface area contributed by atoms with Crippen LogP contribution in [-0.4, -0.2) is 8.11 Å². The average Bonchev–Trinajstić information content (AvgIpc) is 2.31. The molecule has 15 heavy (non-hydrogen) atoms. The fourth-order valence-electron chi connectivity index (χ4n) is 2.50. The second-order valence-corrected chi connectivity index (χ2v) is 8.67. The molecule has 1 aliphatic carbocycles. The van der Waals surface area contributed by atoms with Crippen molar-refractivity contribution in [3.05, 3.63) is 35.9 Å². The number of hydrogen-bond acceptors (Lipinski definition) is 0. The first kappa shape index (κ1) is 11.2. The lowest BCUT2D eigenvalue weighted by atomic mass is 10.0. The normalized spacial score (nSPS) is 20.1. The highest BCUT2D eigenvalue weighted by molar-refractivity contribution is 7.07. The quantitative estimate of drug-likeness (QED) is 0.550. The van der Waals surface area contributed by atoms with Gasteiger partial charge in [0.05, 0.1) is 0 Å². The van der Waals surface area contributed by atoms with Gasteiger partial charge in [-0.05, 0) is 17.1 Å². The van der Waals surface area contributed by atoms with Crippen molar-refractivity contribution in [2.45, 2.75) is 43.7 Å². The lowest BCUT2D eigenvalue weighted by Crippen LogP contribution is -2.20. The molecule has 0 spiro atoms. The lowest BCUT2D eigenvalue weighted by Gasteiger charge is -2.24. The van der Waals surface area contributed by atoms with Gasteiger partial charge in [0.1, 0.15) is 8.11 Å². The van der Waals surface area contributed by atoms with Gasteiger partial charge in [-0.25, -0.2) is 0 Å². The Balaban J connectivity index is 1.88. The van der Waals surface area contributed by atoms with Crippen LogP contribution in [0.2, 0.25) is 5.54 Å². The Morgan fingerprint density at radius 1 is 1.07 bits per heavy atom. The molecule has 1 unspecified atom stereocenters. The molecule has 1 aliphatic rings. The second-order valence-electron chi connectivity index (χ2n) is 4.60. The summed E-state index contributed by atoms with van der Waals surface area (Å²) < 4.78 is 0. The molecule has 0 aromatic heterocycles. The first-order valence-electron chi connectivity index (χ1n) is 6.04. The van der Waals surface area contributed by atoms with Gasteiger partial charge in [0.2, 0.25) is 0 Å². The summed E-state index contributed by atoms with van der Waals surface area (Å²) in [7, 11) is -1.04. The second kappa shape index (κ2) is 5.71. The Kier molecular flexibility index (Phi) is 4.27. The molecule has 1 atom stereocenters. The third-order valence-corrected chi connectivity index (χ3v) is 7.52. The number of halogens is 1. The molecule has 2 heteroatoms. The van der Waals surface area contributed by atoms with Crippen LogP contribution in [0.4, 0.5) is 0 Å². The predicted octanol–water partition coefficient (Wildman–Crippen LogP) is 4.07. The van der Waals surface area contributed by atoms with Gasteiger partial charge in [0.15, 0.2) is 0 Å². The maximum Gasteiger partial charge on any atom is 0.148 e. The molecular formula is C13H19ClSi. The highest BCUT2D eigenvalue weighted by Gasteiger charge is 2.23. The van der Waals surface area contributed by atoms with Gasteiger partial charge in [-0.2, -0.15) is 11.1 Å². The van der Waals surface area contributed by atoms with E-state index >= 15 is 0 Å². The smallest absolute Gasteiger partial charge is 0.148 e. The van der Waals surface area contributed by atoms with E-state index in [1.807, 2.05) is 0 Å². The average molecular weight is 239 g/mol. The summed E-state index contributed by atoms with van der Waals surface area (Å²) in [5.41, 5.74) is 2.33. The molecule has 0 bridgehead atoms. The lowest BCUT2D eigenvalue weighted by molar-refractivity contribution is 0.498. The summed E-state index contributed by atoms with van der Waals surface area (Å²) in [5.74, 6) is 0. The van der Waals surface area contributed by atoms with Gasteiger partial charge in [0.25, 0.3) is 0 Å². The van der Waals surface area contributed by atoms with Gasteiger partial charge in [0, 0.05) is 0 Å². The molecule has 0 amide bonds. The summed E-state index contributed by atoms with van der Waals surface area (Å²) in [6, 6.07) is 11.9. The Morgan fingerprint density at radius 2 is 1.73 bits per heavy atom. The van der Waals surface area contributed by atoms with Crippen LogP contribution in [0.15, 0.2) is 30.3 Å². The number of hydrogen-bond donors (Lipinski definition) is 0. The van der Waals surface area contributed by atoms with Crippen LogP contribution in [0.25, 0.3) is 0 Å². The molecular weight excluding hydrogens is 220 g/mol. The van der Waals surface area contributed by atoms with E-state index in [0.717, 1.165) is 5.54 Å². The van der Waals surface area contributed by atoms with E-state index in [4.69, 9.17) is 11.1 Å². The molecule has 1 aromatic carbocycles. The first-order valence-corrected chi connectivity index (χ1v) is 9.27. The molecule has 0 saturated heterocycles. The Bertz CT molecular complexity index is 280. The van der Waals surface area contributed by atoms with E-state index in [2.05, 4.69) is 30.3 Å². The van der Waals surface area contributed by atoms with Crippen molar-refractivity contribution in [1.29, 1.82) is 0 Å². The SMILES string of the molecule is Cl[SiH](Cc1ccccc1)C1CCCCC1. The summed E-state index contributed by atoms with van der Waals surface area (Å²) in [6.45, 7) is 0. The molecule has 1 fully saturated rings. The van der Waals surface area contributed by atoms with Gasteiger partial charge < -0.3 is 0 Å². The van der Waals surface area contributed by atoms with E-state index in [1.54, 1.807) is 0 Å². The van der Waals surface area contributed by atoms with Crippen LogP contribution in [0, 0.1) is 0 Å². The van der Waals surface area contributed by atoms with E-state index in [1.165, 1.54) is 43.7 Å². The summed E-state index contributed by atoms with van der Waals surface area (Å²) in [4.78, 5) is 0. The Hall–Kier alpha value is -0.273. The van der Waals surface area contributed by atoms with Crippen molar-refractivity contribution in [2.24, 2.45) is 0 Å². The summed E-state index contributed by atoms with van der Waals surface area (Å²) in [6.07, 6.45) is 7.05. The van der Waals surface area contributed by atoms with Crippen LogP contribution in [0.1, 0.15) is 37.7 Å². The van der Waals surface area contributed by atoms with Crippen LogP contribution >= 0.6 is 11.1 Å². The zero-order valence-electron chi connectivity index (χ0n) is 9.16. The highest BCUT2D eigenvalue weighted by atomic mass is 35.6. The van der Waals surface area contributed by atoms with Crippen molar-refractivity contribution < 1.29 is 0 Å². The van der Waals surface area contributed by atoms with Crippen molar-refractivity contribution in [1.82, 2.24) is 0 Å². The molecule has 1 aromatic rings. The van der Waals surface area contributed by atoms with E-state index in [-0.39, 0.29) is 0 Å². The van der Waals surface area contributed by atoms with Crippen LogP contribution in [0.5, 0.6) is 0 Å². The van der Waals surface area contributed by atoms with E-state index < -0.39 is 8.11 Å². The molecule has 82 valence electrons. The van der Waals surface area contributed by atoms with Crippen molar-refractivity contribution in [3.63, 3.8) is 0 Å². The van der Waals surface area contributed by atoms with Gasteiger partial charge in [-0.3, -0.25) is 0 Å². The van der Waals surface area contributed by atoms with Crippen LogP contribution < -0.4 is 0 Å². The monoisotopic (exact) mass is 238 g/mol. The molecule has 2 rings (SSSR count). The van der Waals surface area contributed by atoms with Crippen LogP contribution in [-0.2, 0) is 6.04 Å². The third kappa shape index (κ3) is 3.35. The Morgan fingerprint density at radius 3 is 2.40 bits per heavy atom. The topological polar surface area (TPSA) is 0 Å². The van der Waals surface area contributed by atoms with E-state index in [9.17, 15) is 0 Å². The predicted molar refractivity (Wildman–Crippen MR) is 70.0 cm³/mol. The standard InChI is InChI=1S/C13H19ClSi/c14-15(13-9-5-2-6-10-13)11-12-7-3-1-4-8-12/h1,3-4,7-8,13,15H,2,5-6,9-11H2. The minimum atomic E-state index is -1.04. The van der Waals surface area contributed by atoms with Gasteiger partial charge in [-0.1, -0.05) is 62.4 Å². The van der Waals surface area contributed by atoms with E-state index in [0.29, 0.717) is 0 Å². The molecule has 1 saturated carbocycles. The minimum absolute atomic E-state index is 0.889. The van der Waals surface area contributed by atoms with Gasteiger partial charge >= 0.3 is 0 Å². The fourth-order valence-corrected chi connectivity index (χ4v) is 6.04. The van der Waals surface area contributed by atoms with Crippen molar-refractivity contribution in [2.75, 3.05) is 0 Å². The number of benzene rings is 1. The Labute approximate surface area is 99.0 Å². The maximum atomic E-state index is 6.63. The maximum absolute atomic E-state index is 6.63. The molecule has 0 radical (unpaired) electrons. The molecule has 0 aliphatic heterocycles. The van der Waals surface area contributed by atoms with Crippen LogP contribution in [0.3, 0.4) is 0 Å². The molecule has 0 N–H and O–H groups in total. The summed E-state index contributed by atoms with van der Waals surface area (Å²) >= 11 is 6.63. The largest absolute Gasteiger partial charge is 0.171 e. The van der Waals surface area contributed by atoms with Crippen molar-refractivity contribution >= 4 is 19.2 Å². The van der Waals surface area contributed by atoms with Crippen molar-refractivity contribution in [3.8, 4) is 0 Å². The fraction of sp³-hybridized carbons (Fsp3) is 0.538.